The highest BCUT2D eigenvalue weighted by Gasteiger charge is 1.89. The molecule has 0 aliphatic carbocycles. The van der Waals surface area contributed by atoms with Crippen LogP contribution in [-0.4, -0.2) is 4.57 Å². The molecule has 0 bridgehead atoms. The van der Waals surface area contributed by atoms with Crippen molar-refractivity contribution in [3.63, 3.8) is 0 Å². The van der Waals surface area contributed by atoms with Crippen LogP contribution in [0.4, 0.5) is 0 Å². The van der Waals surface area contributed by atoms with Gasteiger partial charge in [-0.1, -0.05) is 26.0 Å². The summed E-state index contributed by atoms with van der Waals surface area (Å²) in [6.45, 7) is 8.03. The van der Waals surface area contributed by atoms with Gasteiger partial charge in [-0.3, -0.25) is 0 Å². The van der Waals surface area contributed by atoms with E-state index in [1.54, 1.807) is 0 Å². The number of aromatic nitrogens is 1. The number of rotatable bonds is 2. The maximum Gasteiger partial charge on any atom is 0.0446 e. The van der Waals surface area contributed by atoms with Gasteiger partial charge in [0.05, 0.1) is 0 Å². The third-order valence-corrected chi connectivity index (χ3v) is 1.46. The van der Waals surface area contributed by atoms with Crippen LogP contribution < -0.4 is 0 Å². The van der Waals surface area contributed by atoms with Crippen LogP contribution >= 0.6 is 0 Å². The zero-order valence-corrected chi connectivity index (χ0v) is 8.99. The van der Waals surface area contributed by atoms with Crippen molar-refractivity contribution in [3.8, 4) is 0 Å². The lowest BCUT2D eigenvalue weighted by atomic mass is 10.4. The molecule has 1 heterocycles. The lowest BCUT2D eigenvalue weighted by molar-refractivity contribution is 1.14. The molecule has 13 heavy (non-hydrogen) atoms. The highest BCUT2D eigenvalue weighted by Crippen LogP contribution is 2.04. The van der Waals surface area contributed by atoms with Gasteiger partial charge in [0.1, 0.15) is 0 Å². The molecule has 0 fully saturated rings. The molecule has 0 aliphatic rings. The summed E-state index contributed by atoms with van der Waals surface area (Å²) in [6.07, 6.45) is 10.2. The van der Waals surface area contributed by atoms with E-state index in [-0.39, 0.29) is 0 Å². The lowest BCUT2D eigenvalue weighted by Crippen LogP contribution is -1.84. The van der Waals surface area contributed by atoms with Gasteiger partial charge in [-0.25, -0.2) is 0 Å². The van der Waals surface area contributed by atoms with E-state index in [0.29, 0.717) is 0 Å². The average molecular weight is 177 g/mol. The fourth-order valence-electron chi connectivity index (χ4n) is 1.02. The Bertz CT molecular complexity index is 240. The predicted octanol–water partition coefficient (Wildman–Crippen LogP) is 4.04. The van der Waals surface area contributed by atoms with E-state index in [9.17, 15) is 0 Å². The first kappa shape index (κ1) is 11.8. The molecule has 1 rings (SSSR count). The van der Waals surface area contributed by atoms with Gasteiger partial charge in [0.15, 0.2) is 0 Å². The van der Waals surface area contributed by atoms with Crippen molar-refractivity contribution in [2.75, 3.05) is 0 Å². The Balaban J connectivity index is 0.000000671. The summed E-state index contributed by atoms with van der Waals surface area (Å²) in [5.41, 5.74) is 1.21. The summed E-state index contributed by atoms with van der Waals surface area (Å²) in [5, 5.41) is 0. The third kappa shape index (κ3) is 3.79. The molecule has 72 valence electrons. The van der Waals surface area contributed by atoms with Crippen molar-refractivity contribution >= 4 is 12.3 Å². The molecular weight excluding hydrogens is 158 g/mol. The molecule has 0 radical (unpaired) electrons. The molecule has 1 aromatic heterocycles. The van der Waals surface area contributed by atoms with E-state index < -0.39 is 0 Å². The number of hydrogen-bond acceptors (Lipinski definition) is 0. The molecule has 1 aromatic rings. The molecule has 0 spiro atoms. The fraction of sp³-hybridized carbons (Fsp3) is 0.333. The van der Waals surface area contributed by atoms with Gasteiger partial charge in [-0.2, -0.15) is 0 Å². The van der Waals surface area contributed by atoms with Crippen LogP contribution in [0.2, 0.25) is 0 Å². The van der Waals surface area contributed by atoms with E-state index in [1.165, 1.54) is 5.69 Å². The van der Waals surface area contributed by atoms with Gasteiger partial charge in [-0.05, 0) is 32.1 Å². The second kappa shape index (κ2) is 7.41. The van der Waals surface area contributed by atoms with Crippen LogP contribution in [0.1, 0.15) is 33.4 Å². The largest absolute Gasteiger partial charge is 0.324 e. The van der Waals surface area contributed by atoms with E-state index >= 15 is 0 Å². The van der Waals surface area contributed by atoms with Crippen molar-refractivity contribution in [1.82, 2.24) is 4.57 Å². The fourth-order valence-corrected chi connectivity index (χ4v) is 1.02. The number of allylic oxidation sites excluding steroid dienone is 2. The molecule has 1 heteroatoms. The Morgan fingerprint density at radius 2 is 1.85 bits per heavy atom. The number of hydrogen-bond donors (Lipinski definition) is 0. The van der Waals surface area contributed by atoms with Gasteiger partial charge in [-0.15, -0.1) is 0 Å². The van der Waals surface area contributed by atoms with Crippen molar-refractivity contribution in [2.24, 2.45) is 0 Å². The zero-order valence-electron chi connectivity index (χ0n) is 8.99. The zero-order chi connectivity index (χ0) is 10.1. The quantitative estimate of drug-likeness (QED) is 0.642. The van der Waals surface area contributed by atoms with Crippen LogP contribution in [0.3, 0.4) is 0 Å². The van der Waals surface area contributed by atoms with Gasteiger partial charge in [0.25, 0.3) is 0 Å². The van der Waals surface area contributed by atoms with Gasteiger partial charge < -0.3 is 4.57 Å². The second-order valence-electron chi connectivity index (χ2n) is 2.32. The maximum absolute atomic E-state index is 2.08. The van der Waals surface area contributed by atoms with Gasteiger partial charge >= 0.3 is 0 Å². The van der Waals surface area contributed by atoms with Crippen molar-refractivity contribution in [3.05, 3.63) is 36.2 Å². The standard InChI is InChI=1S/C10H13N.C2H6/c1-3-6-10-7-5-9-11(10)8-4-2;1-2/h3-9H,1-2H3;1-2H3/b6-3-,8-4-;. The Hall–Kier alpha value is -1.24. The van der Waals surface area contributed by atoms with E-state index in [4.69, 9.17) is 0 Å². The average Bonchev–Trinajstić information content (AvgIpc) is 2.58. The van der Waals surface area contributed by atoms with Crippen LogP contribution in [0, 0.1) is 0 Å². The van der Waals surface area contributed by atoms with Crippen LogP contribution in [-0.2, 0) is 0 Å². The van der Waals surface area contributed by atoms with Crippen LogP contribution in [0.5, 0.6) is 0 Å². The minimum atomic E-state index is 1.21. The molecule has 0 saturated carbocycles. The highest BCUT2D eigenvalue weighted by molar-refractivity contribution is 5.49. The smallest absolute Gasteiger partial charge is 0.0446 e. The van der Waals surface area contributed by atoms with Crippen molar-refractivity contribution in [1.29, 1.82) is 0 Å². The summed E-state index contributed by atoms with van der Waals surface area (Å²) in [5.74, 6) is 0. The highest BCUT2D eigenvalue weighted by atomic mass is 14.9. The first-order valence-electron chi connectivity index (χ1n) is 4.81. The Labute approximate surface area is 81.4 Å². The maximum atomic E-state index is 2.08. The Morgan fingerprint density at radius 3 is 2.38 bits per heavy atom. The van der Waals surface area contributed by atoms with Crippen LogP contribution in [0.25, 0.3) is 12.3 Å². The third-order valence-electron chi connectivity index (χ3n) is 1.46. The molecule has 0 atom stereocenters. The molecule has 1 nitrogen and oxygen atoms in total. The summed E-state index contributed by atoms with van der Waals surface area (Å²) < 4.78 is 2.08. The molecule has 0 aliphatic heterocycles. The topological polar surface area (TPSA) is 4.93 Å². The first-order valence-corrected chi connectivity index (χ1v) is 4.81. The Kier molecular flexibility index (Phi) is 6.70. The molecule has 0 saturated heterocycles. The summed E-state index contributed by atoms with van der Waals surface area (Å²) in [4.78, 5) is 0. The minimum absolute atomic E-state index is 1.21. The normalized spacial score (nSPS) is 10.5. The monoisotopic (exact) mass is 177 g/mol. The summed E-state index contributed by atoms with van der Waals surface area (Å²) >= 11 is 0. The predicted molar refractivity (Wildman–Crippen MR) is 61.5 cm³/mol. The lowest BCUT2D eigenvalue weighted by Gasteiger charge is -1.96. The second-order valence-corrected chi connectivity index (χ2v) is 2.32. The molecule has 0 N–H and O–H groups in total. The van der Waals surface area contributed by atoms with Crippen LogP contribution in [0.15, 0.2) is 30.5 Å². The molecule has 0 amide bonds. The van der Waals surface area contributed by atoms with Crippen molar-refractivity contribution in [2.45, 2.75) is 27.7 Å². The summed E-state index contributed by atoms with van der Waals surface area (Å²) in [7, 11) is 0. The van der Waals surface area contributed by atoms with Gasteiger partial charge in [0.2, 0.25) is 0 Å². The Morgan fingerprint density at radius 1 is 1.15 bits per heavy atom. The summed E-state index contributed by atoms with van der Waals surface area (Å²) in [6, 6.07) is 4.12. The van der Waals surface area contributed by atoms with E-state index in [0.717, 1.165) is 0 Å². The molecule has 0 unspecified atom stereocenters. The van der Waals surface area contributed by atoms with E-state index in [2.05, 4.69) is 16.7 Å². The number of nitrogens with zero attached hydrogens (tertiary/aromatic N) is 1. The van der Waals surface area contributed by atoms with E-state index in [1.807, 2.05) is 58.3 Å². The van der Waals surface area contributed by atoms with Crippen molar-refractivity contribution < 1.29 is 0 Å². The molecular formula is C12H19N. The van der Waals surface area contributed by atoms with Gasteiger partial charge in [0, 0.05) is 18.1 Å². The SMILES string of the molecule is C/C=C\c1cccn1/C=C\C.CC. The minimum Gasteiger partial charge on any atom is -0.324 e. The first-order chi connectivity index (χ1) is 6.38. The molecule has 0 aromatic carbocycles.